The Labute approximate surface area is 166 Å². The first-order chi connectivity index (χ1) is 12.6. The Morgan fingerprint density at radius 2 is 2.04 bits per heavy atom. The summed E-state index contributed by atoms with van der Waals surface area (Å²) in [4.78, 5) is 18.8. The van der Waals surface area contributed by atoms with E-state index in [1.54, 1.807) is 17.0 Å². The van der Waals surface area contributed by atoms with Gasteiger partial charge in [0.2, 0.25) is 5.88 Å². The van der Waals surface area contributed by atoms with Gasteiger partial charge in [0.05, 0.1) is 6.04 Å². The molecule has 0 fully saturated rings. The van der Waals surface area contributed by atoms with Gasteiger partial charge >= 0.3 is 6.09 Å². The molecule has 7 heteroatoms. The van der Waals surface area contributed by atoms with Crippen LogP contribution in [0.3, 0.4) is 0 Å². The molecule has 3 rings (SSSR count). The van der Waals surface area contributed by atoms with E-state index >= 15 is 0 Å². The van der Waals surface area contributed by atoms with E-state index < -0.39 is 11.7 Å². The summed E-state index contributed by atoms with van der Waals surface area (Å²) >= 11 is 3.47. The van der Waals surface area contributed by atoms with Crippen LogP contribution in [0.25, 0.3) is 0 Å². The van der Waals surface area contributed by atoms with Gasteiger partial charge in [0, 0.05) is 6.42 Å². The number of carbonyl (C=O) groups excluding carboxylic acids is 1. The number of pyridine rings is 1. The van der Waals surface area contributed by atoms with Gasteiger partial charge in [0.25, 0.3) is 0 Å². The molecule has 1 atom stereocenters. The largest absolute Gasteiger partial charge is 0.474 e. The molecule has 2 heterocycles. The van der Waals surface area contributed by atoms with Crippen molar-refractivity contribution in [1.29, 1.82) is 0 Å². The fourth-order valence-corrected chi connectivity index (χ4v) is 3.25. The summed E-state index contributed by atoms with van der Waals surface area (Å²) in [7, 11) is 0. The number of rotatable bonds is 2. The molecule has 0 saturated heterocycles. The zero-order chi connectivity index (χ0) is 19.8. The van der Waals surface area contributed by atoms with Crippen molar-refractivity contribution in [3.8, 4) is 5.88 Å². The van der Waals surface area contributed by atoms with Gasteiger partial charge in [-0.1, -0.05) is 12.1 Å². The number of aromatic nitrogens is 1. The summed E-state index contributed by atoms with van der Waals surface area (Å²) in [6.07, 6.45) is 0.105. The van der Waals surface area contributed by atoms with Crippen LogP contribution in [-0.4, -0.2) is 29.3 Å². The van der Waals surface area contributed by atoms with E-state index in [1.807, 2.05) is 33.8 Å². The third kappa shape index (κ3) is 4.58. The topological polar surface area (TPSA) is 51.7 Å². The van der Waals surface area contributed by atoms with Gasteiger partial charge in [-0.3, -0.25) is 4.90 Å². The number of halogens is 2. The fraction of sp³-hybridized carbons (Fsp3) is 0.400. The maximum absolute atomic E-state index is 13.2. The first kappa shape index (κ1) is 19.6. The highest BCUT2D eigenvalue weighted by atomic mass is 79.9. The van der Waals surface area contributed by atoms with E-state index in [0.29, 0.717) is 29.2 Å². The number of benzene rings is 1. The van der Waals surface area contributed by atoms with Crippen molar-refractivity contribution >= 4 is 27.7 Å². The lowest BCUT2D eigenvalue weighted by atomic mass is 10.1. The number of fused-ring (bicyclic) bond motifs is 1. The van der Waals surface area contributed by atoms with Crippen LogP contribution in [0.4, 0.5) is 14.9 Å². The Balaban J connectivity index is 1.96. The number of ether oxygens (including phenoxy) is 2. The van der Waals surface area contributed by atoms with Crippen LogP contribution in [0, 0.1) is 5.82 Å². The highest BCUT2D eigenvalue weighted by Crippen LogP contribution is 2.37. The molecule has 0 aliphatic carbocycles. The first-order valence-corrected chi connectivity index (χ1v) is 9.52. The molecule has 0 bridgehead atoms. The third-order valence-electron chi connectivity index (χ3n) is 4.05. The summed E-state index contributed by atoms with van der Waals surface area (Å²) in [5.74, 6) is 0.105. The maximum atomic E-state index is 13.2. The zero-order valence-electron chi connectivity index (χ0n) is 15.8. The van der Waals surface area contributed by atoms with Gasteiger partial charge in [-0.2, -0.15) is 0 Å². The summed E-state index contributed by atoms with van der Waals surface area (Å²) in [5, 5.41) is 0. The smallest absolute Gasteiger partial charge is 0.415 e. The minimum absolute atomic E-state index is 0.186. The highest BCUT2D eigenvalue weighted by Gasteiger charge is 2.34. The third-order valence-corrected chi connectivity index (χ3v) is 4.74. The number of amides is 1. The van der Waals surface area contributed by atoms with Crippen LogP contribution in [0.2, 0.25) is 0 Å². The highest BCUT2D eigenvalue weighted by molar-refractivity contribution is 9.10. The van der Waals surface area contributed by atoms with E-state index in [4.69, 9.17) is 9.47 Å². The second-order valence-corrected chi connectivity index (χ2v) is 8.33. The van der Waals surface area contributed by atoms with Crippen molar-refractivity contribution in [3.05, 3.63) is 51.9 Å². The minimum atomic E-state index is -0.602. The summed E-state index contributed by atoms with van der Waals surface area (Å²) in [6.45, 7) is 7.72. The van der Waals surface area contributed by atoms with E-state index in [1.165, 1.54) is 12.1 Å². The van der Waals surface area contributed by atoms with Gasteiger partial charge in [0.15, 0.2) is 0 Å². The van der Waals surface area contributed by atoms with Crippen molar-refractivity contribution in [3.63, 3.8) is 0 Å². The maximum Gasteiger partial charge on any atom is 0.415 e. The molecule has 144 valence electrons. The number of nitrogens with zero attached hydrogens (tertiary/aromatic N) is 2. The van der Waals surface area contributed by atoms with Crippen LogP contribution in [0.1, 0.15) is 38.8 Å². The summed E-state index contributed by atoms with van der Waals surface area (Å²) in [6, 6.07) is 7.99. The number of carbonyl (C=O) groups is 1. The molecule has 0 radical (unpaired) electrons. The fourth-order valence-electron chi connectivity index (χ4n) is 2.83. The quantitative estimate of drug-likeness (QED) is 0.614. The van der Waals surface area contributed by atoms with Gasteiger partial charge in [-0.25, -0.2) is 14.2 Å². The molecule has 5 nitrogen and oxygen atoms in total. The van der Waals surface area contributed by atoms with Gasteiger partial charge in [-0.05, 0) is 73.0 Å². The molecule has 1 aliphatic rings. The van der Waals surface area contributed by atoms with Crippen molar-refractivity contribution in [2.24, 2.45) is 0 Å². The first-order valence-electron chi connectivity index (χ1n) is 8.73. The van der Waals surface area contributed by atoms with Crippen LogP contribution in [0.5, 0.6) is 5.88 Å². The van der Waals surface area contributed by atoms with Crippen molar-refractivity contribution in [2.75, 3.05) is 11.5 Å². The van der Waals surface area contributed by atoms with Crippen molar-refractivity contribution in [1.82, 2.24) is 4.98 Å². The Bertz CT molecular complexity index is 850. The van der Waals surface area contributed by atoms with Gasteiger partial charge in [0.1, 0.15) is 28.3 Å². The summed E-state index contributed by atoms with van der Waals surface area (Å²) in [5.41, 5.74) is 1.78. The van der Waals surface area contributed by atoms with Crippen molar-refractivity contribution < 1.29 is 18.7 Å². The van der Waals surface area contributed by atoms with Gasteiger partial charge in [-0.15, -0.1) is 0 Å². The average molecular weight is 437 g/mol. The number of hydrogen-bond donors (Lipinski definition) is 0. The number of anilines is 1. The standard InChI is InChI=1S/C20H22BrFN2O3/c1-12-11-26-18-16(24(12)19(25)27-20(2,3)4)10-14(17(21)23-18)9-13-5-7-15(22)8-6-13/h5-8,10,12H,9,11H2,1-4H3/t12-/m0/s1. The van der Waals surface area contributed by atoms with Gasteiger partial charge < -0.3 is 9.47 Å². The summed E-state index contributed by atoms with van der Waals surface area (Å²) < 4.78 is 25.0. The Hall–Kier alpha value is -2.15. The zero-order valence-corrected chi connectivity index (χ0v) is 17.3. The molecule has 27 heavy (non-hydrogen) atoms. The Kier molecular flexibility index (Phi) is 5.42. The Morgan fingerprint density at radius 1 is 1.37 bits per heavy atom. The molecule has 1 amide bonds. The monoisotopic (exact) mass is 436 g/mol. The molecular weight excluding hydrogens is 415 g/mol. The molecule has 1 aliphatic heterocycles. The number of hydrogen-bond acceptors (Lipinski definition) is 4. The van der Waals surface area contributed by atoms with E-state index in [2.05, 4.69) is 20.9 Å². The van der Waals surface area contributed by atoms with Crippen molar-refractivity contribution in [2.45, 2.75) is 45.8 Å². The van der Waals surface area contributed by atoms with Crippen LogP contribution in [-0.2, 0) is 11.2 Å². The molecule has 2 aromatic rings. The predicted molar refractivity (Wildman–Crippen MR) is 105 cm³/mol. The average Bonchev–Trinajstić information content (AvgIpc) is 2.56. The van der Waals surface area contributed by atoms with Crippen LogP contribution in [0.15, 0.2) is 34.9 Å². The molecule has 1 aromatic heterocycles. The van der Waals surface area contributed by atoms with Crippen LogP contribution >= 0.6 is 15.9 Å². The lowest BCUT2D eigenvalue weighted by Crippen LogP contribution is -2.47. The molecule has 0 unspecified atom stereocenters. The molecule has 1 aromatic carbocycles. The predicted octanol–water partition coefficient (Wildman–Crippen LogP) is 5.10. The SMILES string of the molecule is C[C@H]1COc2nc(Br)c(Cc3ccc(F)cc3)cc2N1C(=O)OC(C)(C)C. The molecule has 0 saturated carbocycles. The second kappa shape index (κ2) is 7.46. The van der Waals surface area contributed by atoms with E-state index in [-0.39, 0.29) is 11.9 Å². The van der Waals surface area contributed by atoms with E-state index in [0.717, 1.165) is 11.1 Å². The molecule has 0 spiro atoms. The normalized spacial score (nSPS) is 16.5. The van der Waals surface area contributed by atoms with Crippen LogP contribution < -0.4 is 9.64 Å². The lowest BCUT2D eigenvalue weighted by molar-refractivity contribution is 0.0546. The lowest BCUT2D eigenvalue weighted by Gasteiger charge is -2.35. The Morgan fingerprint density at radius 3 is 2.67 bits per heavy atom. The molecular formula is C20H22BrFN2O3. The molecule has 0 N–H and O–H groups in total. The second-order valence-electron chi connectivity index (χ2n) is 7.58. The minimum Gasteiger partial charge on any atom is -0.474 e. The van der Waals surface area contributed by atoms with E-state index in [9.17, 15) is 9.18 Å².